The molecular formula is C49H29N3O. The van der Waals surface area contributed by atoms with Gasteiger partial charge in [0.15, 0.2) is 17.5 Å². The van der Waals surface area contributed by atoms with Crippen LogP contribution in [0.25, 0.3) is 110 Å². The lowest BCUT2D eigenvalue weighted by molar-refractivity contribution is 0.672. The highest BCUT2D eigenvalue weighted by Gasteiger charge is 2.20. The van der Waals surface area contributed by atoms with Crippen molar-refractivity contribution >= 4 is 65.0 Å². The van der Waals surface area contributed by atoms with Crippen molar-refractivity contribution in [3.05, 3.63) is 176 Å². The lowest BCUT2D eigenvalue weighted by Crippen LogP contribution is -2.01. The maximum Gasteiger partial charge on any atom is 0.164 e. The molecule has 53 heavy (non-hydrogen) atoms. The van der Waals surface area contributed by atoms with Crippen LogP contribution < -0.4 is 0 Å². The van der Waals surface area contributed by atoms with Gasteiger partial charge < -0.3 is 4.42 Å². The molecule has 0 unspecified atom stereocenters. The Morgan fingerprint density at radius 1 is 0.283 bits per heavy atom. The number of hydrogen-bond donors (Lipinski definition) is 0. The number of benzene rings is 9. The molecule has 4 heteroatoms. The standard InChI is InChI=1S/C49H29N3O/c1-3-13-30(14-4-1)32-23-25-39-42(27-32)46-43(40-21-11-12-22-45(40)53-46)29-44(39)49-51-47(31-15-5-2-6-16-31)50-48(52-49)33-24-26-38-36-19-8-7-17-34(36)35-18-9-10-20-37(35)41(38)28-33/h1-29H. The number of para-hydroxylation sites is 1. The summed E-state index contributed by atoms with van der Waals surface area (Å²) in [6.45, 7) is 0. The lowest BCUT2D eigenvalue weighted by atomic mass is 9.93. The molecule has 0 amide bonds. The largest absolute Gasteiger partial charge is 0.455 e. The van der Waals surface area contributed by atoms with E-state index in [1.165, 1.54) is 32.3 Å². The minimum atomic E-state index is 0.613. The van der Waals surface area contributed by atoms with Gasteiger partial charge in [0.1, 0.15) is 11.2 Å². The second-order valence-corrected chi connectivity index (χ2v) is 13.5. The zero-order valence-electron chi connectivity index (χ0n) is 28.5. The molecule has 246 valence electrons. The highest BCUT2D eigenvalue weighted by Crippen LogP contribution is 2.42. The molecule has 0 aliphatic rings. The average molecular weight is 676 g/mol. The minimum absolute atomic E-state index is 0.613. The van der Waals surface area contributed by atoms with E-state index in [1.54, 1.807) is 0 Å². The zero-order chi connectivity index (χ0) is 34.9. The summed E-state index contributed by atoms with van der Waals surface area (Å²) in [7, 11) is 0. The summed E-state index contributed by atoms with van der Waals surface area (Å²) in [4.78, 5) is 15.6. The third-order valence-corrected chi connectivity index (χ3v) is 10.5. The van der Waals surface area contributed by atoms with Gasteiger partial charge in [0, 0.05) is 32.8 Å². The van der Waals surface area contributed by atoms with Crippen molar-refractivity contribution in [2.24, 2.45) is 0 Å². The number of hydrogen-bond acceptors (Lipinski definition) is 4. The molecule has 2 aromatic heterocycles. The molecule has 11 rings (SSSR count). The highest BCUT2D eigenvalue weighted by atomic mass is 16.3. The fourth-order valence-electron chi connectivity index (χ4n) is 7.98. The van der Waals surface area contributed by atoms with Crippen molar-refractivity contribution in [3.8, 4) is 45.3 Å². The third-order valence-electron chi connectivity index (χ3n) is 10.5. The molecule has 0 N–H and O–H groups in total. The van der Waals surface area contributed by atoms with Crippen LogP contribution in [-0.4, -0.2) is 15.0 Å². The first-order valence-electron chi connectivity index (χ1n) is 17.9. The molecule has 0 saturated heterocycles. The third kappa shape index (κ3) is 4.73. The van der Waals surface area contributed by atoms with Crippen LogP contribution >= 0.6 is 0 Å². The predicted molar refractivity (Wildman–Crippen MR) is 219 cm³/mol. The van der Waals surface area contributed by atoms with Crippen LogP contribution in [0.15, 0.2) is 180 Å². The van der Waals surface area contributed by atoms with E-state index in [0.717, 1.165) is 60.5 Å². The Bertz CT molecular complexity index is 3190. The Morgan fingerprint density at radius 3 is 1.45 bits per heavy atom. The summed E-state index contributed by atoms with van der Waals surface area (Å²) in [5.41, 5.74) is 6.77. The van der Waals surface area contributed by atoms with Crippen LogP contribution in [0.3, 0.4) is 0 Å². The summed E-state index contributed by atoms with van der Waals surface area (Å²) in [6.07, 6.45) is 0. The van der Waals surface area contributed by atoms with Crippen molar-refractivity contribution in [1.29, 1.82) is 0 Å². The summed E-state index contributed by atoms with van der Waals surface area (Å²) in [5, 5.41) is 11.4. The highest BCUT2D eigenvalue weighted by molar-refractivity contribution is 6.26. The molecule has 0 aliphatic heterocycles. The fraction of sp³-hybridized carbons (Fsp3) is 0. The maximum absolute atomic E-state index is 6.59. The molecule has 0 fully saturated rings. The van der Waals surface area contributed by atoms with Gasteiger partial charge in [-0.2, -0.15) is 0 Å². The van der Waals surface area contributed by atoms with Gasteiger partial charge in [-0.3, -0.25) is 0 Å². The van der Waals surface area contributed by atoms with Crippen molar-refractivity contribution in [2.45, 2.75) is 0 Å². The van der Waals surface area contributed by atoms with E-state index >= 15 is 0 Å². The zero-order valence-corrected chi connectivity index (χ0v) is 28.5. The Balaban J connectivity index is 1.20. The molecule has 0 atom stereocenters. The van der Waals surface area contributed by atoms with E-state index < -0.39 is 0 Å². The van der Waals surface area contributed by atoms with Gasteiger partial charge in [-0.25, -0.2) is 15.0 Å². The first-order chi connectivity index (χ1) is 26.3. The minimum Gasteiger partial charge on any atom is -0.455 e. The van der Waals surface area contributed by atoms with Crippen LogP contribution in [-0.2, 0) is 0 Å². The normalized spacial score (nSPS) is 11.8. The van der Waals surface area contributed by atoms with Crippen molar-refractivity contribution < 1.29 is 4.42 Å². The van der Waals surface area contributed by atoms with E-state index in [1.807, 2.05) is 36.4 Å². The monoisotopic (exact) mass is 675 g/mol. The molecule has 0 bridgehead atoms. The molecule has 9 aromatic carbocycles. The number of fused-ring (bicyclic) bond motifs is 11. The fourth-order valence-corrected chi connectivity index (χ4v) is 7.98. The van der Waals surface area contributed by atoms with Gasteiger partial charge in [-0.05, 0) is 73.1 Å². The number of rotatable bonds is 4. The van der Waals surface area contributed by atoms with E-state index in [4.69, 9.17) is 19.4 Å². The van der Waals surface area contributed by atoms with E-state index in [2.05, 4.69) is 140 Å². The van der Waals surface area contributed by atoms with E-state index in [0.29, 0.717) is 17.5 Å². The summed E-state index contributed by atoms with van der Waals surface area (Å²) in [6, 6.07) is 61.6. The van der Waals surface area contributed by atoms with E-state index in [9.17, 15) is 0 Å². The molecule has 0 spiro atoms. The average Bonchev–Trinajstić information content (AvgIpc) is 3.62. The number of furan rings is 1. The molecule has 11 aromatic rings. The Kier molecular flexibility index (Phi) is 6.52. The van der Waals surface area contributed by atoms with Crippen molar-refractivity contribution in [3.63, 3.8) is 0 Å². The predicted octanol–water partition coefficient (Wildman–Crippen LogP) is 13.1. The van der Waals surface area contributed by atoms with Crippen LogP contribution in [0.1, 0.15) is 0 Å². The first-order valence-corrected chi connectivity index (χ1v) is 17.9. The molecule has 0 saturated carbocycles. The van der Waals surface area contributed by atoms with Gasteiger partial charge in [0.2, 0.25) is 0 Å². The Hall–Kier alpha value is -7.17. The Morgan fingerprint density at radius 2 is 0.755 bits per heavy atom. The quantitative estimate of drug-likeness (QED) is 0.174. The van der Waals surface area contributed by atoms with Crippen LogP contribution in [0.4, 0.5) is 0 Å². The SMILES string of the molecule is c1ccc(-c2ccc3c(-c4nc(-c5ccccc5)nc(-c5ccc6c7ccccc7c7ccccc7c6c5)n4)cc4c5ccccc5oc4c3c2)cc1. The lowest BCUT2D eigenvalue weighted by Gasteiger charge is -2.13. The van der Waals surface area contributed by atoms with Gasteiger partial charge in [0.25, 0.3) is 0 Å². The Labute approximate surface area is 304 Å². The first kappa shape index (κ1) is 29.5. The van der Waals surface area contributed by atoms with Crippen LogP contribution in [0.5, 0.6) is 0 Å². The van der Waals surface area contributed by atoms with Crippen LogP contribution in [0, 0.1) is 0 Å². The molecule has 2 heterocycles. The topological polar surface area (TPSA) is 51.8 Å². The maximum atomic E-state index is 6.59. The second-order valence-electron chi connectivity index (χ2n) is 13.5. The number of aromatic nitrogens is 3. The summed E-state index contributed by atoms with van der Waals surface area (Å²) >= 11 is 0. The molecule has 4 nitrogen and oxygen atoms in total. The van der Waals surface area contributed by atoms with Gasteiger partial charge >= 0.3 is 0 Å². The molecule has 0 radical (unpaired) electrons. The second kappa shape index (κ2) is 11.7. The smallest absolute Gasteiger partial charge is 0.164 e. The van der Waals surface area contributed by atoms with Gasteiger partial charge in [0.05, 0.1) is 0 Å². The van der Waals surface area contributed by atoms with E-state index in [-0.39, 0.29) is 0 Å². The van der Waals surface area contributed by atoms with Crippen molar-refractivity contribution in [1.82, 2.24) is 15.0 Å². The summed E-state index contributed by atoms with van der Waals surface area (Å²) in [5.74, 6) is 1.86. The summed E-state index contributed by atoms with van der Waals surface area (Å²) < 4.78 is 6.59. The van der Waals surface area contributed by atoms with Crippen LogP contribution in [0.2, 0.25) is 0 Å². The molecular weight excluding hydrogens is 647 g/mol. The van der Waals surface area contributed by atoms with Gasteiger partial charge in [-0.1, -0.05) is 152 Å². The van der Waals surface area contributed by atoms with Crippen molar-refractivity contribution in [2.75, 3.05) is 0 Å². The number of nitrogens with zero attached hydrogens (tertiary/aromatic N) is 3. The van der Waals surface area contributed by atoms with Gasteiger partial charge in [-0.15, -0.1) is 0 Å². The molecule has 0 aliphatic carbocycles.